The first-order chi connectivity index (χ1) is 9.24. The molecule has 0 radical (unpaired) electrons. The number of hydrogen-bond donors (Lipinski definition) is 2. The topological polar surface area (TPSA) is 44.0 Å². The van der Waals surface area contributed by atoms with E-state index in [0.717, 1.165) is 11.4 Å². The van der Waals surface area contributed by atoms with Gasteiger partial charge in [0.05, 0.1) is 11.7 Å². The fraction of sp³-hybridized carbons (Fsp3) is 0.533. The van der Waals surface area contributed by atoms with Crippen LogP contribution in [0.5, 0.6) is 0 Å². The standard InChI is InChI=1S/C15H22N4/c1-11(12-5-4-8-19(2)10-12)17-14-6-3-7-15-13(14)9-16-18-15/h3,6-7,9,11-12,17H,4-5,8,10H2,1-2H3,(H,16,18). The number of piperidine rings is 1. The molecule has 102 valence electrons. The summed E-state index contributed by atoms with van der Waals surface area (Å²) in [5.41, 5.74) is 2.28. The van der Waals surface area contributed by atoms with Crippen molar-refractivity contribution in [3.05, 3.63) is 24.4 Å². The highest BCUT2D eigenvalue weighted by Gasteiger charge is 2.23. The predicted octanol–water partition coefficient (Wildman–Crippen LogP) is 2.71. The van der Waals surface area contributed by atoms with Crippen molar-refractivity contribution < 1.29 is 0 Å². The predicted molar refractivity (Wildman–Crippen MR) is 79.4 cm³/mol. The first-order valence-electron chi connectivity index (χ1n) is 7.11. The van der Waals surface area contributed by atoms with E-state index < -0.39 is 0 Å². The Balaban J connectivity index is 1.75. The summed E-state index contributed by atoms with van der Waals surface area (Å²) in [6.45, 7) is 4.72. The second-order valence-electron chi connectivity index (χ2n) is 5.73. The highest BCUT2D eigenvalue weighted by atomic mass is 15.1. The first-order valence-corrected chi connectivity index (χ1v) is 7.11. The Morgan fingerprint density at radius 3 is 3.21 bits per heavy atom. The van der Waals surface area contributed by atoms with Gasteiger partial charge in [-0.2, -0.15) is 5.10 Å². The summed E-state index contributed by atoms with van der Waals surface area (Å²) in [7, 11) is 2.22. The van der Waals surface area contributed by atoms with Crippen LogP contribution >= 0.6 is 0 Å². The minimum absolute atomic E-state index is 0.489. The Hall–Kier alpha value is -1.55. The molecule has 2 atom stereocenters. The van der Waals surface area contributed by atoms with E-state index in [9.17, 15) is 0 Å². The molecule has 0 saturated carbocycles. The van der Waals surface area contributed by atoms with Crippen LogP contribution in [0.15, 0.2) is 24.4 Å². The molecule has 1 aliphatic rings. The van der Waals surface area contributed by atoms with Gasteiger partial charge in [0, 0.05) is 23.7 Å². The number of aromatic nitrogens is 2. The molecule has 1 aromatic heterocycles. The van der Waals surface area contributed by atoms with Gasteiger partial charge in [0.15, 0.2) is 0 Å². The van der Waals surface area contributed by atoms with Crippen molar-refractivity contribution in [2.45, 2.75) is 25.8 Å². The van der Waals surface area contributed by atoms with Gasteiger partial charge in [-0.1, -0.05) is 6.07 Å². The summed E-state index contributed by atoms with van der Waals surface area (Å²) >= 11 is 0. The summed E-state index contributed by atoms with van der Waals surface area (Å²) in [6, 6.07) is 6.76. The number of nitrogens with zero attached hydrogens (tertiary/aromatic N) is 2. The smallest absolute Gasteiger partial charge is 0.0671 e. The molecule has 4 heteroatoms. The summed E-state index contributed by atoms with van der Waals surface area (Å²) in [6.07, 6.45) is 4.53. The summed E-state index contributed by atoms with van der Waals surface area (Å²) < 4.78 is 0. The number of anilines is 1. The van der Waals surface area contributed by atoms with E-state index in [1.165, 1.54) is 37.0 Å². The lowest BCUT2D eigenvalue weighted by Gasteiger charge is -2.34. The van der Waals surface area contributed by atoms with Crippen LogP contribution in [0.4, 0.5) is 5.69 Å². The molecule has 0 aliphatic carbocycles. The number of H-pyrrole nitrogens is 1. The zero-order valence-corrected chi connectivity index (χ0v) is 11.7. The number of likely N-dealkylation sites (tertiary alicyclic amines) is 1. The molecule has 0 bridgehead atoms. The lowest BCUT2D eigenvalue weighted by molar-refractivity contribution is 0.198. The molecule has 0 spiro atoms. The fourth-order valence-corrected chi connectivity index (χ4v) is 3.07. The normalized spacial score (nSPS) is 22.5. The number of aromatic amines is 1. The van der Waals surface area contributed by atoms with E-state index in [2.05, 4.69) is 52.6 Å². The lowest BCUT2D eigenvalue weighted by Crippen LogP contribution is -2.39. The van der Waals surface area contributed by atoms with Crippen LogP contribution < -0.4 is 5.32 Å². The van der Waals surface area contributed by atoms with Crippen LogP contribution in [0.25, 0.3) is 10.9 Å². The van der Waals surface area contributed by atoms with E-state index in [4.69, 9.17) is 0 Å². The van der Waals surface area contributed by atoms with Gasteiger partial charge in [-0.25, -0.2) is 0 Å². The molecule has 1 aliphatic heterocycles. The molecule has 1 aromatic carbocycles. The van der Waals surface area contributed by atoms with Crippen LogP contribution in [0.1, 0.15) is 19.8 Å². The molecule has 1 fully saturated rings. The number of nitrogens with one attached hydrogen (secondary N) is 2. The molecular weight excluding hydrogens is 236 g/mol. The minimum Gasteiger partial charge on any atom is -0.382 e. The third-order valence-electron chi connectivity index (χ3n) is 4.24. The fourth-order valence-electron chi connectivity index (χ4n) is 3.07. The van der Waals surface area contributed by atoms with E-state index in [1.807, 2.05) is 6.20 Å². The Kier molecular flexibility index (Phi) is 3.42. The van der Waals surface area contributed by atoms with Crippen molar-refractivity contribution in [2.24, 2.45) is 5.92 Å². The van der Waals surface area contributed by atoms with Gasteiger partial charge in [-0.05, 0) is 51.4 Å². The second kappa shape index (κ2) is 5.21. The zero-order chi connectivity index (χ0) is 13.2. The number of hydrogen-bond acceptors (Lipinski definition) is 3. The van der Waals surface area contributed by atoms with Gasteiger partial charge >= 0.3 is 0 Å². The van der Waals surface area contributed by atoms with Gasteiger partial charge in [-0.3, -0.25) is 5.10 Å². The quantitative estimate of drug-likeness (QED) is 0.889. The summed E-state index contributed by atoms with van der Waals surface area (Å²) in [5, 5.41) is 12.0. The van der Waals surface area contributed by atoms with E-state index in [0.29, 0.717) is 6.04 Å². The van der Waals surface area contributed by atoms with Crippen molar-refractivity contribution in [1.82, 2.24) is 15.1 Å². The van der Waals surface area contributed by atoms with Gasteiger partial charge < -0.3 is 10.2 Å². The van der Waals surface area contributed by atoms with Crippen molar-refractivity contribution in [3.63, 3.8) is 0 Å². The molecule has 3 rings (SSSR count). The molecule has 2 N–H and O–H groups in total. The SMILES string of the molecule is CC(Nc1cccc2[nH]ncc12)C1CCCN(C)C1. The van der Waals surface area contributed by atoms with Gasteiger partial charge in [-0.15, -0.1) is 0 Å². The third kappa shape index (κ3) is 2.59. The largest absolute Gasteiger partial charge is 0.382 e. The van der Waals surface area contributed by atoms with Crippen LogP contribution in [0.2, 0.25) is 0 Å². The molecule has 0 amide bonds. The van der Waals surface area contributed by atoms with Gasteiger partial charge in [0.25, 0.3) is 0 Å². The first kappa shape index (κ1) is 12.5. The average Bonchev–Trinajstić information content (AvgIpc) is 2.88. The van der Waals surface area contributed by atoms with Crippen LogP contribution in [-0.4, -0.2) is 41.3 Å². The number of benzene rings is 1. The van der Waals surface area contributed by atoms with Crippen molar-refractivity contribution >= 4 is 16.6 Å². The van der Waals surface area contributed by atoms with E-state index in [1.54, 1.807) is 0 Å². The molecule has 1 saturated heterocycles. The van der Waals surface area contributed by atoms with Gasteiger partial charge in [0.2, 0.25) is 0 Å². The van der Waals surface area contributed by atoms with Crippen LogP contribution in [0.3, 0.4) is 0 Å². The maximum absolute atomic E-state index is 4.12. The number of rotatable bonds is 3. The van der Waals surface area contributed by atoms with Crippen molar-refractivity contribution in [3.8, 4) is 0 Å². The van der Waals surface area contributed by atoms with Crippen molar-refractivity contribution in [2.75, 3.05) is 25.5 Å². The number of fused-ring (bicyclic) bond motifs is 1. The van der Waals surface area contributed by atoms with E-state index >= 15 is 0 Å². The molecule has 4 nitrogen and oxygen atoms in total. The van der Waals surface area contributed by atoms with Crippen LogP contribution in [0, 0.1) is 5.92 Å². The average molecular weight is 258 g/mol. The van der Waals surface area contributed by atoms with E-state index in [-0.39, 0.29) is 0 Å². The molecule has 2 heterocycles. The monoisotopic (exact) mass is 258 g/mol. The van der Waals surface area contributed by atoms with Gasteiger partial charge in [0.1, 0.15) is 0 Å². The maximum atomic E-state index is 4.12. The highest BCUT2D eigenvalue weighted by Crippen LogP contribution is 2.25. The molecular formula is C15H22N4. The maximum Gasteiger partial charge on any atom is 0.0671 e. The summed E-state index contributed by atoms with van der Waals surface area (Å²) in [4.78, 5) is 2.44. The zero-order valence-electron chi connectivity index (χ0n) is 11.7. The third-order valence-corrected chi connectivity index (χ3v) is 4.24. The van der Waals surface area contributed by atoms with Crippen molar-refractivity contribution in [1.29, 1.82) is 0 Å². The Morgan fingerprint density at radius 2 is 2.37 bits per heavy atom. The Labute approximate surface area is 114 Å². The molecule has 19 heavy (non-hydrogen) atoms. The lowest BCUT2D eigenvalue weighted by atomic mass is 9.91. The van der Waals surface area contributed by atoms with Crippen LogP contribution in [-0.2, 0) is 0 Å². The molecule has 2 aromatic rings. The minimum atomic E-state index is 0.489. The summed E-state index contributed by atoms with van der Waals surface area (Å²) in [5.74, 6) is 0.723. The molecule has 2 unspecified atom stereocenters. The Morgan fingerprint density at radius 1 is 1.47 bits per heavy atom. The highest BCUT2D eigenvalue weighted by molar-refractivity contribution is 5.90. The Bertz CT molecular complexity index is 548. The second-order valence-corrected chi connectivity index (χ2v) is 5.73.